The Labute approximate surface area is 184 Å². The second kappa shape index (κ2) is 9.20. The van der Waals surface area contributed by atoms with Gasteiger partial charge in [0.05, 0.1) is 24.1 Å². The molecule has 0 N–H and O–H groups in total. The molecule has 2 aliphatic heterocycles. The minimum Gasteiger partial charge on any atom is -0.342 e. The number of nitrogens with zero attached hydrogens (tertiary/aromatic N) is 5. The van der Waals surface area contributed by atoms with Gasteiger partial charge in [0.15, 0.2) is 0 Å². The van der Waals surface area contributed by atoms with Crippen molar-refractivity contribution in [1.29, 1.82) is 0 Å². The largest absolute Gasteiger partial charge is 0.342 e. The van der Waals surface area contributed by atoms with Crippen molar-refractivity contribution >= 4 is 16.9 Å². The summed E-state index contributed by atoms with van der Waals surface area (Å²) < 4.78 is 2.36. The summed E-state index contributed by atoms with van der Waals surface area (Å²) in [6, 6.07) is 19.0. The van der Waals surface area contributed by atoms with Gasteiger partial charge in [0.1, 0.15) is 5.82 Å². The van der Waals surface area contributed by atoms with E-state index in [1.807, 2.05) is 4.90 Å². The molecule has 0 aliphatic carbocycles. The van der Waals surface area contributed by atoms with Gasteiger partial charge in [0.25, 0.3) is 0 Å². The van der Waals surface area contributed by atoms with Crippen molar-refractivity contribution in [1.82, 2.24) is 24.3 Å². The third-order valence-corrected chi connectivity index (χ3v) is 6.56. The minimum atomic E-state index is 0.301. The van der Waals surface area contributed by atoms with Crippen LogP contribution in [0, 0.1) is 0 Å². The molecule has 162 valence electrons. The van der Waals surface area contributed by atoms with E-state index in [4.69, 9.17) is 4.98 Å². The van der Waals surface area contributed by atoms with Gasteiger partial charge in [-0.3, -0.25) is 14.6 Å². The fraction of sp³-hybridized carbons (Fsp3) is 0.440. The number of benzene rings is 2. The van der Waals surface area contributed by atoms with E-state index in [9.17, 15) is 4.79 Å². The van der Waals surface area contributed by atoms with Crippen LogP contribution in [0.5, 0.6) is 0 Å². The molecule has 0 saturated carbocycles. The molecule has 2 fully saturated rings. The number of rotatable bonds is 6. The molecular formula is C25H31N5O. The summed E-state index contributed by atoms with van der Waals surface area (Å²) in [5.74, 6) is 1.42. The Kier molecular flexibility index (Phi) is 6.00. The normalized spacial score (nSPS) is 18.1. The number of piperazine rings is 1. The van der Waals surface area contributed by atoms with Crippen molar-refractivity contribution in [2.24, 2.45) is 0 Å². The molecule has 31 heavy (non-hydrogen) atoms. The maximum Gasteiger partial charge on any atom is 0.236 e. The third kappa shape index (κ3) is 4.65. The Hall–Kier alpha value is -2.70. The summed E-state index contributed by atoms with van der Waals surface area (Å²) in [5, 5.41) is 0. The van der Waals surface area contributed by atoms with E-state index in [-0.39, 0.29) is 0 Å². The second-order valence-electron chi connectivity index (χ2n) is 8.73. The van der Waals surface area contributed by atoms with Crippen LogP contribution in [0.1, 0.15) is 24.2 Å². The van der Waals surface area contributed by atoms with Crippen LogP contribution in [0.4, 0.5) is 0 Å². The first-order chi connectivity index (χ1) is 15.3. The predicted molar refractivity (Wildman–Crippen MR) is 123 cm³/mol. The van der Waals surface area contributed by atoms with E-state index >= 15 is 0 Å². The molecule has 0 spiro atoms. The second-order valence-corrected chi connectivity index (χ2v) is 8.73. The number of hydrogen-bond acceptors (Lipinski definition) is 4. The molecule has 2 aromatic carbocycles. The monoisotopic (exact) mass is 417 g/mol. The van der Waals surface area contributed by atoms with Crippen molar-refractivity contribution < 1.29 is 4.79 Å². The zero-order valence-corrected chi connectivity index (χ0v) is 18.1. The molecule has 1 amide bonds. The number of hydrogen-bond donors (Lipinski definition) is 0. The van der Waals surface area contributed by atoms with Crippen LogP contribution in [0.25, 0.3) is 11.0 Å². The van der Waals surface area contributed by atoms with Crippen molar-refractivity contribution in [3.8, 4) is 0 Å². The molecule has 0 unspecified atom stereocenters. The van der Waals surface area contributed by atoms with E-state index in [1.54, 1.807) is 0 Å². The molecule has 3 aromatic rings. The van der Waals surface area contributed by atoms with Gasteiger partial charge in [0, 0.05) is 45.8 Å². The number of amides is 1. The molecule has 2 aliphatic rings. The van der Waals surface area contributed by atoms with Gasteiger partial charge in [-0.15, -0.1) is 0 Å². The highest BCUT2D eigenvalue weighted by Gasteiger charge is 2.24. The molecule has 0 radical (unpaired) electrons. The van der Waals surface area contributed by atoms with E-state index in [0.29, 0.717) is 12.5 Å². The number of fused-ring (bicyclic) bond motifs is 1. The molecule has 1 aromatic heterocycles. The Balaban J connectivity index is 1.24. The summed E-state index contributed by atoms with van der Waals surface area (Å²) in [5.41, 5.74) is 3.54. The summed E-state index contributed by atoms with van der Waals surface area (Å²) in [4.78, 5) is 24.2. The number of aromatic nitrogens is 2. The highest BCUT2D eigenvalue weighted by Crippen LogP contribution is 2.20. The maximum atomic E-state index is 12.5. The zero-order chi connectivity index (χ0) is 21.0. The van der Waals surface area contributed by atoms with Crippen LogP contribution < -0.4 is 0 Å². The lowest BCUT2D eigenvalue weighted by molar-refractivity contribution is -0.131. The van der Waals surface area contributed by atoms with Crippen LogP contribution in [-0.4, -0.2) is 76.0 Å². The molecule has 3 heterocycles. The van der Waals surface area contributed by atoms with Crippen molar-refractivity contribution in [3.05, 3.63) is 66.0 Å². The summed E-state index contributed by atoms with van der Waals surface area (Å²) in [7, 11) is 0. The lowest BCUT2D eigenvalue weighted by atomic mass is 10.2. The van der Waals surface area contributed by atoms with E-state index in [0.717, 1.165) is 76.5 Å². The van der Waals surface area contributed by atoms with Gasteiger partial charge < -0.3 is 9.47 Å². The number of carbonyl (C=O) groups excluding carboxylic acids is 1. The zero-order valence-electron chi connectivity index (χ0n) is 18.1. The van der Waals surface area contributed by atoms with E-state index in [1.165, 1.54) is 11.1 Å². The number of imidazole rings is 1. The first-order valence-electron chi connectivity index (χ1n) is 11.5. The van der Waals surface area contributed by atoms with E-state index in [2.05, 4.69) is 69.0 Å². The standard InChI is InChI=1S/C25H31N5O/c31-25(29-12-6-7-13-29)20-28-16-14-27(15-17-28)19-24-26-22-10-4-5-11-23(22)30(24)18-21-8-2-1-3-9-21/h1-5,8-11H,6-7,12-20H2. The van der Waals surface area contributed by atoms with Crippen LogP contribution in [0.3, 0.4) is 0 Å². The average molecular weight is 418 g/mol. The summed E-state index contributed by atoms with van der Waals surface area (Å²) in [6.45, 7) is 7.96. The fourth-order valence-corrected chi connectivity index (χ4v) is 4.75. The van der Waals surface area contributed by atoms with Crippen LogP contribution in [0.15, 0.2) is 54.6 Å². The highest BCUT2D eigenvalue weighted by molar-refractivity contribution is 5.78. The quantitative estimate of drug-likeness (QED) is 0.619. The Morgan fingerprint density at radius 2 is 1.45 bits per heavy atom. The molecule has 6 heteroatoms. The average Bonchev–Trinajstić information content (AvgIpc) is 3.45. The Bertz CT molecular complexity index is 1020. The van der Waals surface area contributed by atoms with Gasteiger partial charge in [-0.2, -0.15) is 0 Å². The van der Waals surface area contributed by atoms with Crippen molar-refractivity contribution in [2.45, 2.75) is 25.9 Å². The van der Waals surface area contributed by atoms with Gasteiger partial charge in [0.2, 0.25) is 5.91 Å². The topological polar surface area (TPSA) is 44.6 Å². The van der Waals surface area contributed by atoms with Crippen molar-refractivity contribution in [3.63, 3.8) is 0 Å². The first-order valence-corrected chi connectivity index (χ1v) is 11.5. The predicted octanol–water partition coefficient (Wildman–Crippen LogP) is 2.82. The fourth-order valence-electron chi connectivity index (χ4n) is 4.75. The highest BCUT2D eigenvalue weighted by atomic mass is 16.2. The number of para-hydroxylation sites is 2. The summed E-state index contributed by atoms with van der Waals surface area (Å²) in [6.07, 6.45) is 2.31. The van der Waals surface area contributed by atoms with E-state index < -0.39 is 0 Å². The van der Waals surface area contributed by atoms with Gasteiger partial charge in [-0.1, -0.05) is 42.5 Å². The number of carbonyl (C=O) groups is 1. The smallest absolute Gasteiger partial charge is 0.236 e. The third-order valence-electron chi connectivity index (χ3n) is 6.56. The molecule has 6 nitrogen and oxygen atoms in total. The van der Waals surface area contributed by atoms with Crippen LogP contribution in [-0.2, 0) is 17.9 Å². The van der Waals surface area contributed by atoms with Gasteiger partial charge in [-0.25, -0.2) is 4.98 Å². The maximum absolute atomic E-state index is 12.5. The lowest BCUT2D eigenvalue weighted by Crippen LogP contribution is -2.49. The molecule has 0 bridgehead atoms. The van der Waals surface area contributed by atoms with Crippen LogP contribution >= 0.6 is 0 Å². The molecular weight excluding hydrogens is 386 g/mol. The van der Waals surface area contributed by atoms with Gasteiger partial charge in [-0.05, 0) is 30.5 Å². The van der Waals surface area contributed by atoms with Crippen molar-refractivity contribution in [2.75, 3.05) is 45.8 Å². The molecule has 5 rings (SSSR count). The lowest BCUT2D eigenvalue weighted by Gasteiger charge is -2.34. The first kappa shape index (κ1) is 20.2. The Morgan fingerprint density at radius 1 is 0.774 bits per heavy atom. The summed E-state index contributed by atoms with van der Waals surface area (Å²) >= 11 is 0. The SMILES string of the molecule is O=C(CN1CCN(Cc2nc3ccccc3n2Cc2ccccc2)CC1)N1CCCC1. The minimum absolute atomic E-state index is 0.301. The van der Waals surface area contributed by atoms with Crippen LogP contribution in [0.2, 0.25) is 0 Å². The number of likely N-dealkylation sites (tertiary alicyclic amines) is 1. The van der Waals surface area contributed by atoms with Gasteiger partial charge >= 0.3 is 0 Å². The Morgan fingerprint density at radius 3 is 2.23 bits per heavy atom. The molecule has 0 atom stereocenters. The molecule has 2 saturated heterocycles.